The van der Waals surface area contributed by atoms with E-state index in [-0.39, 0.29) is 10.6 Å². The predicted octanol–water partition coefficient (Wildman–Crippen LogP) is 4.71. The van der Waals surface area contributed by atoms with Gasteiger partial charge in [-0.25, -0.2) is 9.67 Å². The zero-order chi connectivity index (χ0) is 24.5. The summed E-state index contributed by atoms with van der Waals surface area (Å²) in [7, 11) is 0. The molecular weight excluding hydrogens is 467 g/mol. The van der Waals surface area contributed by atoms with Gasteiger partial charge in [0, 0.05) is 5.56 Å². The van der Waals surface area contributed by atoms with E-state index in [1.807, 2.05) is 35.8 Å². The fourth-order valence-electron chi connectivity index (χ4n) is 3.22. The number of hydrogen-bond donors (Lipinski definition) is 2. The standard InChI is InChI=1S/C23H18F3N5O2S/c1-13-8-10-16(11-9-13)31-19(23(24,25)26)17(12-27-31)20(32)29-30-21(33)18-14(2)28-22(34-18)15-6-4-3-5-7-15/h3-12H,1-2H3,(H,29,32)(H,30,33). The van der Waals surface area contributed by atoms with Crippen LogP contribution in [-0.4, -0.2) is 26.6 Å². The number of alkyl halides is 3. The highest BCUT2D eigenvalue weighted by Crippen LogP contribution is 2.33. The van der Waals surface area contributed by atoms with Crippen LogP contribution in [0.15, 0.2) is 60.8 Å². The third-order valence-electron chi connectivity index (χ3n) is 4.87. The monoisotopic (exact) mass is 485 g/mol. The fourth-order valence-corrected chi connectivity index (χ4v) is 4.18. The maximum Gasteiger partial charge on any atom is 0.434 e. The lowest BCUT2D eigenvalue weighted by atomic mass is 10.2. The summed E-state index contributed by atoms with van der Waals surface area (Å²) in [6.07, 6.45) is -4.05. The van der Waals surface area contributed by atoms with Gasteiger partial charge >= 0.3 is 6.18 Å². The zero-order valence-electron chi connectivity index (χ0n) is 18.0. The van der Waals surface area contributed by atoms with Crippen molar-refractivity contribution in [2.24, 2.45) is 0 Å². The van der Waals surface area contributed by atoms with Crippen LogP contribution in [0, 0.1) is 13.8 Å². The van der Waals surface area contributed by atoms with Crippen LogP contribution in [0.25, 0.3) is 16.3 Å². The van der Waals surface area contributed by atoms with Gasteiger partial charge in [0.1, 0.15) is 9.88 Å². The summed E-state index contributed by atoms with van der Waals surface area (Å²) < 4.78 is 42.1. The van der Waals surface area contributed by atoms with E-state index in [1.165, 1.54) is 12.1 Å². The van der Waals surface area contributed by atoms with Crippen LogP contribution in [0.4, 0.5) is 13.2 Å². The lowest BCUT2D eigenvalue weighted by molar-refractivity contribution is -0.143. The highest BCUT2D eigenvalue weighted by atomic mass is 32.1. The SMILES string of the molecule is Cc1ccc(-n2ncc(C(=O)NNC(=O)c3sc(-c4ccccc4)nc3C)c2C(F)(F)F)cc1. The molecule has 11 heteroatoms. The van der Waals surface area contributed by atoms with Crippen LogP contribution in [-0.2, 0) is 6.18 Å². The van der Waals surface area contributed by atoms with E-state index in [4.69, 9.17) is 0 Å². The van der Waals surface area contributed by atoms with Gasteiger partial charge in [0.2, 0.25) is 0 Å². The second kappa shape index (κ2) is 9.10. The molecule has 0 fully saturated rings. The number of carbonyl (C=O) groups excluding carboxylic acids is 2. The lowest BCUT2D eigenvalue weighted by Gasteiger charge is -2.13. The van der Waals surface area contributed by atoms with Gasteiger partial charge < -0.3 is 0 Å². The minimum absolute atomic E-state index is 0.148. The summed E-state index contributed by atoms with van der Waals surface area (Å²) in [6, 6.07) is 15.4. The molecule has 2 amide bonds. The van der Waals surface area contributed by atoms with Crippen molar-refractivity contribution in [3.63, 3.8) is 0 Å². The van der Waals surface area contributed by atoms with Gasteiger partial charge in [-0.3, -0.25) is 20.4 Å². The quantitative estimate of drug-likeness (QED) is 0.410. The first-order chi connectivity index (χ1) is 16.1. The third-order valence-corrected chi connectivity index (χ3v) is 6.08. The molecule has 0 saturated heterocycles. The van der Waals surface area contributed by atoms with Crippen LogP contribution in [0.1, 0.15) is 37.0 Å². The molecule has 0 saturated carbocycles. The number of aromatic nitrogens is 3. The van der Waals surface area contributed by atoms with E-state index in [0.717, 1.165) is 28.7 Å². The Bertz CT molecular complexity index is 1350. The van der Waals surface area contributed by atoms with Crippen molar-refractivity contribution in [2.45, 2.75) is 20.0 Å². The van der Waals surface area contributed by atoms with Crippen molar-refractivity contribution in [3.05, 3.63) is 88.2 Å². The average Bonchev–Trinajstić information content (AvgIpc) is 3.43. The number of thiazole rings is 1. The molecule has 0 radical (unpaired) electrons. The molecule has 2 aromatic carbocycles. The van der Waals surface area contributed by atoms with Crippen molar-refractivity contribution in [3.8, 4) is 16.3 Å². The Morgan fingerprint density at radius 2 is 1.59 bits per heavy atom. The van der Waals surface area contributed by atoms with Crippen molar-refractivity contribution >= 4 is 23.2 Å². The molecule has 0 aliphatic rings. The second-order valence-corrected chi connectivity index (χ2v) is 8.36. The van der Waals surface area contributed by atoms with E-state index in [9.17, 15) is 22.8 Å². The first-order valence-corrected chi connectivity index (χ1v) is 10.8. The van der Waals surface area contributed by atoms with Crippen molar-refractivity contribution < 1.29 is 22.8 Å². The number of nitrogens with zero attached hydrogens (tertiary/aromatic N) is 3. The Hall–Kier alpha value is -3.99. The van der Waals surface area contributed by atoms with Crippen LogP contribution in [0.5, 0.6) is 0 Å². The number of benzene rings is 2. The Balaban J connectivity index is 1.54. The van der Waals surface area contributed by atoms with E-state index in [2.05, 4.69) is 15.5 Å². The predicted molar refractivity (Wildman–Crippen MR) is 121 cm³/mol. The topological polar surface area (TPSA) is 88.9 Å². The summed E-state index contributed by atoms with van der Waals surface area (Å²) in [5, 5.41) is 4.36. The smallest absolute Gasteiger partial charge is 0.267 e. The van der Waals surface area contributed by atoms with Crippen LogP contribution in [0.2, 0.25) is 0 Å². The molecule has 0 unspecified atom stereocenters. The Morgan fingerprint density at radius 1 is 0.941 bits per heavy atom. The minimum atomic E-state index is -4.86. The van der Waals surface area contributed by atoms with Crippen LogP contribution in [0.3, 0.4) is 0 Å². The number of halogens is 3. The summed E-state index contributed by atoms with van der Waals surface area (Å²) in [4.78, 5) is 29.7. The molecule has 0 spiro atoms. The molecule has 0 bridgehead atoms. The molecule has 0 atom stereocenters. The van der Waals surface area contributed by atoms with E-state index in [1.54, 1.807) is 26.0 Å². The van der Waals surface area contributed by atoms with Crippen LogP contribution >= 0.6 is 11.3 Å². The number of nitrogens with one attached hydrogen (secondary N) is 2. The van der Waals surface area contributed by atoms with E-state index >= 15 is 0 Å². The number of aryl methyl sites for hydroxylation is 2. The van der Waals surface area contributed by atoms with Crippen molar-refractivity contribution in [1.82, 2.24) is 25.6 Å². The van der Waals surface area contributed by atoms with Gasteiger partial charge in [-0.1, -0.05) is 48.0 Å². The Morgan fingerprint density at radius 3 is 2.24 bits per heavy atom. The number of carbonyl (C=O) groups is 2. The zero-order valence-corrected chi connectivity index (χ0v) is 18.8. The molecule has 2 N–H and O–H groups in total. The molecular formula is C23H18F3N5O2S. The van der Waals surface area contributed by atoms with E-state index < -0.39 is 29.2 Å². The van der Waals surface area contributed by atoms with Gasteiger partial charge in [0.25, 0.3) is 11.8 Å². The molecule has 4 aromatic rings. The molecule has 2 heterocycles. The minimum Gasteiger partial charge on any atom is -0.267 e. The molecule has 4 rings (SSSR count). The van der Waals surface area contributed by atoms with Gasteiger partial charge in [-0.05, 0) is 26.0 Å². The first kappa shape index (κ1) is 23.2. The summed E-state index contributed by atoms with van der Waals surface area (Å²) in [5.41, 5.74) is 4.50. The maximum absolute atomic E-state index is 13.8. The van der Waals surface area contributed by atoms with Gasteiger partial charge in [-0.2, -0.15) is 18.3 Å². The molecule has 34 heavy (non-hydrogen) atoms. The number of rotatable bonds is 4. The lowest BCUT2D eigenvalue weighted by Crippen LogP contribution is -2.42. The summed E-state index contributed by atoms with van der Waals surface area (Å²) in [6.45, 7) is 3.43. The molecule has 7 nitrogen and oxygen atoms in total. The van der Waals surface area contributed by atoms with Gasteiger partial charge in [0.15, 0.2) is 5.69 Å². The highest BCUT2D eigenvalue weighted by Gasteiger charge is 2.40. The molecule has 0 aliphatic carbocycles. The fraction of sp³-hybridized carbons (Fsp3) is 0.130. The normalized spacial score (nSPS) is 11.3. The van der Waals surface area contributed by atoms with Crippen LogP contribution < -0.4 is 10.9 Å². The Kier molecular flexibility index (Phi) is 6.20. The third kappa shape index (κ3) is 4.69. The van der Waals surface area contributed by atoms with Gasteiger partial charge in [-0.15, -0.1) is 11.3 Å². The maximum atomic E-state index is 13.8. The number of hydrazine groups is 1. The average molecular weight is 485 g/mol. The molecule has 0 aliphatic heterocycles. The summed E-state index contributed by atoms with van der Waals surface area (Å²) in [5.74, 6) is -1.84. The second-order valence-electron chi connectivity index (χ2n) is 7.36. The van der Waals surface area contributed by atoms with Crippen molar-refractivity contribution in [2.75, 3.05) is 0 Å². The van der Waals surface area contributed by atoms with Gasteiger partial charge in [0.05, 0.1) is 23.1 Å². The van der Waals surface area contributed by atoms with E-state index in [0.29, 0.717) is 15.4 Å². The molecule has 2 aromatic heterocycles. The Labute approximate surface area is 196 Å². The molecule has 174 valence electrons. The first-order valence-electron chi connectivity index (χ1n) is 10.0. The largest absolute Gasteiger partial charge is 0.434 e. The van der Waals surface area contributed by atoms with Crippen molar-refractivity contribution in [1.29, 1.82) is 0 Å². The number of amides is 2. The number of hydrogen-bond acceptors (Lipinski definition) is 5. The summed E-state index contributed by atoms with van der Waals surface area (Å²) >= 11 is 1.11. The highest BCUT2D eigenvalue weighted by molar-refractivity contribution is 7.17.